The van der Waals surface area contributed by atoms with E-state index in [4.69, 9.17) is 14.2 Å². The summed E-state index contributed by atoms with van der Waals surface area (Å²) in [5.41, 5.74) is 0. The van der Waals surface area contributed by atoms with E-state index in [1.807, 2.05) is 0 Å². The highest BCUT2D eigenvalue weighted by atomic mass is 16.6. The van der Waals surface area contributed by atoms with Gasteiger partial charge in [-0.1, -0.05) is 178 Å². The second-order valence-electron chi connectivity index (χ2n) is 15.7. The molecule has 0 rings (SSSR count). The zero-order valence-electron chi connectivity index (χ0n) is 37.3. The molecular formula is C51H88O6. The van der Waals surface area contributed by atoms with Crippen LogP contribution in [0.1, 0.15) is 226 Å². The second kappa shape index (κ2) is 45.8. The van der Waals surface area contributed by atoms with Crippen LogP contribution in [0.3, 0.4) is 0 Å². The van der Waals surface area contributed by atoms with E-state index in [1.165, 1.54) is 109 Å². The monoisotopic (exact) mass is 797 g/mol. The molecule has 1 unspecified atom stereocenters. The molecule has 57 heavy (non-hydrogen) atoms. The summed E-state index contributed by atoms with van der Waals surface area (Å²) in [4.78, 5) is 37.7. The Morgan fingerprint density at radius 2 is 0.649 bits per heavy atom. The minimum absolute atomic E-state index is 0.0941. The summed E-state index contributed by atoms with van der Waals surface area (Å²) in [5.74, 6) is -0.955. The van der Waals surface area contributed by atoms with Crippen LogP contribution in [0, 0.1) is 0 Å². The number of ether oxygens (including phenoxy) is 3. The third kappa shape index (κ3) is 44.1. The third-order valence-electron chi connectivity index (χ3n) is 10.0. The topological polar surface area (TPSA) is 78.9 Å². The highest BCUT2D eigenvalue weighted by Gasteiger charge is 2.19. The molecule has 0 aromatic heterocycles. The first-order valence-corrected chi connectivity index (χ1v) is 23.8. The van der Waals surface area contributed by atoms with Crippen molar-refractivity contribution in [1.82, 2.24) is 0 Å². The van der Waals surface area contributed by atoms with Crippen molar-refractivity contribution in [3.05, 3.63) is 60.8 Å². The number of unbranched alkanes of at least 4 members (excludes halogenated alkanes) is 23. The number of hydrogen-bond acceptors (Lipinski definition) is 6. The van der Waals surface area contributed by atoms with E-state index >= 15 is 0 Å². The van der Waals surface area contributed by atoms with E-state index < -0.39 is 6.10 Å². The molecule has 0 saturated heterocycles. The summed E-state index contributed by atoms with van der Waals surface area (Å²) in [6.45, 7) is 6.49. The Bertz CT molecular complexity index is 1050. The van der Waals surface area contributed by atoms with Gasteiger partial charge in [-0.25, -0.2) is 0 Å². The van der Waals surface area contributed by atoms with Crippen molar-refractivity contribution in [1.29, 1.82) is 0 Å². The van der Waals surface area contributed by atoms with E-state index in [0.717, 1.165) is 70.6 Å². The molecule has 0 spiro atoms. The maximum Gasteiger partial charge on any atom is 0.306 e. The molecule has 0 N–H and O–H groups in total. The van der Waals surface area contributed by atoms with Gasteiger partial charge in [-0.2, -0.15) is 0 Å². The molecule has 0 aliphatic rings. The van der Waals surface area contributed by atoms with Crippen molar-refractivity contribution in [2.45, 2.75) is 232 Å². The molecule has 0 radical (unpaired) electrons. The molecule has 0 fully saturated rings. The summed E-state index contributed by atoms with van der Waals surface area (Å²) in [7, 11) is 0. The van der Waals surface area contributed by atoms with Crippen LogP contribution in [0.5, 0.6) is 0 Å². The Kier molecular flexibility index (Phi) is 43.5. The standard InChI is InChI=1S/C51H88O6/c1-4-7-10-13-16-19-21-23-25-27-29-32-35-38-41-44-50(53)56-47-48(46-55-49(52)43-40-37-34-31-18-15-12-9-6-3)57-51(54)45-42-39-36-33-30-28-26-24-22-20-17-14-11-8-5-2/h16-17,19-24,31,34,48H,4-15,18,25-30,32-33,35-47H2,1-3H3/b19-16-,20-17-,23-21-,24-22-,34-31-. The van der Waals surface area contributed by atoms with E-state index in [-0.39, 0.29) is 31.1 Å². The average Bonchev–Trinajstić information content (AvgIpc) is 3.21. The molecule has 6 heteroatoms. The lowest BCUT2D eigenvalue weighted by Crippen LogP contribution is -2.30. The largest absolute Gasteiger partial charge is 0.462 e. The molecule has 0 heterocycles. The first kappa shape index (κ1) is 54.1. The summed E-state index contributed by atoms with van der Waals surface area (Å²) >= 11 is 0. The van der Waals surface area contributed by atoms with Gasteiger partial charge in [0.05, 0.1) is 0 Å². The van der Waals surface area contributed by atoms with Crippen molar-refractivity contribution in [3.8, 4) is 0 Å². The highest BCUT2D eigenvalue weighted by molar-refractivity contribution is 5.71. The molecular weight excluding hydrogens is 709 g/mol. The molecule has 0 aromatic carbocycles. The van der Waals surface area contributed by atoms with Gasteiger partial charge in [-0.15, -0.1) is 0 Å². The average molecular weight is 797 g/mol. The molecule has 1 atom stereocenters. The molecule has 0 amide bonds. The van der Waals surface area contributed by atoms with Gasteiger partial charge in [0.2, 0.25) is 0 Å². The summed E-state index contributed by atoms with van der Waals surface area (Å²) in [5, 5.41) is 0. The number of allylic oxidation sites excluding steroid dienone is 10. The van der Waals surface area contributed by atoms with Crippen molar-refractivity contribution in [2.75, 3.05) is 13.2 Å². The second-order valence-corrected chi connectivity index (χ2v) is 15.7. The van der Waals surface area contributed by atoms with Crippen molar-refractivity contribution in [2.24, 2.45) is 0 Å². The summed E-state index contributed by atoms with van der Waals surface area (Å²) in [6, 6.07) is 0. The number of rotatable bonds is 42. The number of hydrogen-bond donors (Lipinski definition) is 0. The predicted octanol–water partition coefficient (Wildman–Crippen LogP) is 15.3. The molecule has 0 saturated carbocycles. The number of esters is 3. The van der Waals surface area contributed by atoms with Crippen LogP contribution in [0.25, 0.3) is 0 Å². The normalized spacial score (nSPS) is 12.5. The van der Waals surface area contributed by atoms with E-state index in [2.05, 4.69) is 81.5 Å². The van der Waals surface area contributed by atoms with E-state index in [0.29, 0.717) is 25.7 Å². The van der Waals surface area contributed by atoms with Crippen molar-refractivity contribution < 1.29 is 28.6 Å². The van der Waals surface area contributed by atoms with Gasteiger partial charge in [-0.3, -0.25) is 14.4 Å². The fraction of sp³-hybridized carbons (Fsp3) is 0.745. The smallest absolute Gasteiger partial charge is 0.306 e. The lowest BCUT2D eigenvalue weighted by molar-refractivity contribution is -0.167. The van der Waals surface area contributed by atoms with Gasteiger partial charge < -0.3 is 14.2 Å². The number of carbonyl (C=O) groups is 3. The number of carbonyl (C=O) groups excluding carboxylic acids is 3. The third-order valence-corrected chi connectivity index (χ3v) is 10.0. The fourth-order valence-electron chi connectivity index (χ4n) is 6.37. The Morgan fingerprint density at radius 3 is 1.09 bits per heavy atom. The first-order valence-electron chi connectivity index (χ1n) is 23.8. The Hall–Kier alpha value is -2.89. The lowest BCUT2D eigenvalue weighted by atomic mass is 10.1. The molecule has 0 aliphatic carbocycles. The van der Waals surface area contributed by atoms with Gasteiger partial charge in [0.25, 0.3) is 0 Å². The molecule has 328 valence electrons. The summed E-state index contributed by atoms with van der Waals surface area (Å²) in [6.07, 6.45) is 54.9. The van der Waals surface area contributed by atoms with Gasteiger partial charge in [0.15, 0.2) is 6.10 Å². The van der Waals surface area contributed by atoms with Gasteiger partial charge in [0.1, 0.15) is 13.2 Å². The zero-order chi connectivity index (χ0) is 41.5. The summed E-state index contributed by atoms with van der Waals surface area (Å²) < 4.78 is 16.7. The zero-order valence-corrected chi connectivity index (χ0v) is 37.3. The van der Waals surface area contributed by atoms with Crippen LogP contribution < -0.4 is 0 Å². The molecule has 0 aromatic rings. The molecule has 0 bridgehead atoms. The lowest BCUT2D eigenvalue weighted by Gasteiger charge is -2.18. The SMILES string of the molecule is CCCCC/C=C\C=C/CCCCCCCCC(=O)OCC(COC(=O)CCC/C=C\CCCCCC)OC(=O)CCCCCCCC/C=C\C=C/CCCCC. The fourth-order valence-corrected chi connectivity index (χ4v) is 6.37. The van der Waals surface area contributed by atoms with E-state index in [9.17, 15) is 14.4 Å². The van der Waals surface area contributed by atoms with Crippen LogP contribution >= 0.6 is 0 Å². The molecule has 6 nitrogen and oxygen atoms in total. The Morgan fingerprint density at radius 1 is 0.351 bits per heavy atom. The predicted molar refractivity (Wildman–Crippen MR) is 242 cm³/mol. The highest BCUT2D eigenvalue weighted by Crippen LogP contribution is 2.13. The van der Waals surface area contributed by atoms with E-state index in [1.54, 1.807) is 0 Å². The van der Waals surface area contributed by atoms with Crippen LogP contribution in [0.15, 0.2) is 60.8 Å². The van der Waals surface area contributed by atoms with Crippen molar-refractivity contribution >= 4 is 17.9 Å². The van der Waals surface area contributed by atoms with Crippen LogP contribution in [0.2, 0.25) is 0 Å². The minimum Gasteiger partial charge on any atom is -0.462 e. The van der Waals surface area contributed by atoms with Gasteiger partial charge in [-0.05, 0) is 89.9 Å². The van der Waals surface area contributed by atoms with Gasteiger partial charge in [0, 0.05) is 19.3 Å². The Balaban J connectivity index is 4.41. The van der Waals surface area contributed by atoms with Crippen LogP contribution in [-0.2, 0) is 28.6 Å². The maximum absolute atomic E-state index is 12.7. The van der Waals surface area contributed by atoms with Crippen LogP contribution in [-0.4, -0.2) is 37.2 Å². The van der Waals surface area contributed by atoms with Crippen molar-refractivity contribution in [3.63, 3.8) is 0 Å². The molecule has 0 aliphatic heterocycles. The minimum atomic E-state index is -0.793. The van der Waals surface area contributed by atoms with Gasteiger partial charge >= 0.3 is 17.9 Å². The Labute approximate surface area is 351 Å². The van der Waals surface area contributed by atoms with Crippen LogP contribution in [0.4, 0.5) is 0 Å². The quantitative estimate of drug-likeness (QED) is 0.0201. The first-order chi connectivity index (χ1) is 28.0. The maximum atomic E-state index is 12.7.